The van der Waals surface area contributed by atoms with Gasteiger partial charge in [-0.3, -0.25) is 4.79 Å². The molecule has 1 amide bonds. The fourth-order valence-corrected chi connectivity index (χ4v) is 2.40. The van der Waals surface area contributed by atoms with Crippen molar-refractivity contribution in [2.45, 2.75) is 25.1 Å². The molecule has 0 aromatic heterocycles. The van der Waals surface area contributed by atoms with Crippen LogP contribution in [0.1, 0.15) is 28.8 Å². The molecule has 1 aromatic rings. The number of rotatable bonds is 1. The van der Waals surface area contributed by atoms with Gasteiger partial charge in [0, 0.05) is 13.1 Å². The first-order chi connectivity index (χ1) is 8.08. The molecule has 0 spiro atoms. The minimum atomic E-state index is -0.461. The highest BCUT2D eigenvalue weighted by molar-refractivity contribution is 6.21. The monoisotopic (exact) mass is 255 g/mol. The molecule has 1 aliphatic heterocycles. The molecule has 17 heavy (non-hydrogen) atoms. The van der Waals surface area contributed by atoms with E-state index in [0.717, 1.165) is 18.4 Å². The van der Waals surface area contributed by atoms with Crippen molar-refractivity contribution in [3.8, 4) is 0 Å². The maximum atomic E-state index is 13.6. The number of carbonyl (C=O) groups is 1. The zero-order valence-corrected chi connectivity index (χ0v) is 10.5. The fraction of sp³-hybridized carbons (Fsp3) is 0.462. The third-order valence-electron chi connectivity index (χ3n) is 3.00. The van der Waals surface area contributed by atoms with E-state index in [0.29, 0.717) is 13.1 Å². The van der Waals surface area contributed by atoms with Gasteiger partial charge in [-0.25, -0.2) is 4.39 Å². The van der Waals surface area contributed by atoms with Crippen LogP contribution in [-0.4, -0.2) is 29.3 Å². The molecule has 1 unspecified atom stereocenters. The van der Waals surface area contributed by atoms with Crippen molar-refractivity contribution < 1.29 is 9.18 Å². The molecule has 1 heterocycles. The first kappa shape index (κ1) is 12.4. The second-order valence-electron chi connectivity index (χ2n) is 4.47. The highest BCUT2D eigenvalue weighted by atomic mass is 35.5. The van der Waals surface area contributed by atoms with Crippen molar-refractivity contribution in [1.29, 1.82) is 0 Å². The van der Waals surface area contributed by atoms with E-state index >= 15 is 0 Å². The molecule has 1 atom stereocenters. The summed E-state index contributed by atoms with van der Waals surface area (Å²) in [6, 6.07) is 4.59. The zero-order valence-electron chi connectivity index (χ0n) is 9.75. The Hall–Kier alpha value is -1.09. The lowest BCUT2D eigenvalue weighted by Crippen LogP contribution is -2.40. The molecular weight excluding hydrogens is 241 g/mol. The molecule has 92 valence electrons. The first-order valence-electron chi connectivity index (χ1n) is 5.77. The summed E-state index contributed by atoms with van der Waals surface area (Å²) < 4.78 is 13.6. The molecule has 0 aliphatic carbocycles. The number of likely N-dealkylation sites (tertiary alicyclic amines) is 1. The molecule has 0 saturated carbocycles. The lowest BCUT2D eigenvalue weighted by Gasteiger charge is -2.30. The number of piperidine rings is 1. The summed E-state index contributed by atoms with van der Waals surface area (Å²) >= 11 is 6.03. The summed E-state index contributed by atoms with van der Waals surface area (Å²) in [7, 11) is 0. The van der Waals surface area contributed by atoms with Gasteiger partial charge in [-0.15, -0.1) is 11.6 Å². The maximum absolute atomic E-state index is 13.6. The van der Waals surface area contributed by atoms with Crippen LogP contribution in [0.3, 0.4) is 0 Å². The van der Waals surface area contributed by atoms with Crippen LogP contribution in [0.4, 0.5) is 4.39 Å². The second-order valence-corrected chi connectivity index (χ2v) is 5.09. The van der Waals surface area contributed by atoms with Gasteiger partial charge in [0.25, 0.3) is 5.91 Å². The van der Waals surface area contributed by atoms with Crippen LogP contribution in [-0.2, 0) is 0 Å². The molecule has 1 aromatic carbocycles. The van der Waals surface area contributed by atoms with Crippen LogP contribution in [0.5, 0.6) is 0 Å². The Morgan fingerprint density at radius 2 is 2.29 bits per heavy atom. The van der Waals surface area contributed by atoms with E-state index in [2.05, 4.69) is 0 Å². The van der Waals surface area contributed by atoms with Crippen molar-refractivity contribution >= 4 is 17.5 Å². The SMILES string of the molecule is Cc1ccc(F)c(C(=O)N2CCCC(Cl)C2)c1. The van der Waals surface area contributed by atoms with Gasteiger partial charge in [-0.1, -0.05) is 11.6 Å². The van der Waals surface area contributed by atoms with Crippen molar-refractivity contribution in [3.63, 3.8) is 0 Å². The molecule has 1 aliphatic rings. The smallest absolute Gasteiger partial charge is 0.256 e. The van der Waals surface area contributed by atoms with E-state index in [1.165, 1.54) is 6.07 Å². The first-order valence-corrected chi connectivity index (χ1v) is 6.21. The summed E-state index contributed by atoms with van der Waals surface area (Å²) in [5.74, 6) is -0.714. The number of benzene rings is 1. The molecule has 0 N–H and O–H groups in total. The molecule has 0 bridgehead atoms. The minimum absolute atomic E-state index is 0.0134. The lowest BCUT2D eigenvalue weighted by molar-refractivity contribution is 0.0722. The predicted octanol–water partition coefficient (Wildman–Crippen LogP) is 2.98. The van der Waals surface area contributed by atoms with E-state index in [4.69, 9.17) is 11.6 Å². The number of carbonyl (C=O) groups excluding carboxylic acids is 1. The van der Waals surface area contributed by atoms with Crippen LogP contribution in [0, 0.1) is 12.7 Å². The van der Waals surface area contributed by atoms with Crippen LogP contribution >= 0.6 is 11.6 Å². The average molecular weight is 256 g/mol. The van der Waals surface area contributed by atoms with Gasteiger partial charge in [-0.05, 0) is 31.9 Å². The molecule has 2 nitrogen and oxygen atoms in total. The average Bonchev–Trinajstić information content (AvgIpc) is 2.31. The lowest BCUT2D eigenvalue weighted by atomic mass is 10.1. The normalized spacial score (nSPS) is 20.4. The van der Waals surface area contributed by atoms with Gasteiger partial charge in [-0.2, -0.15) is 0 Å². The number of halogens is 2. The van der Waals surface area contributed by atoms with E-state index in [1.807, 2.05) is 6.92 Å². The highest BCUT2D eigenvalue weighted by Crippen LogP contribution is 2.19. The number of amides is 1. The van der Waals surface area contributed by atoms with E-state index < -0.39 is 5.82 Å². The largest absolute Gasteiger partial charge is 0.337 e. The molecule has 1 saturated heterocycles. The topological polar surface area (TPSA) is 20.3 Å². The zero-order chi connectivity index (χ0) is 12.4. The molecular formula is C13H15ClFNO. The molecule has 4 heteroatoms. The Morgan fingerprint density at radius 3 is 3.00 bits per heavy atom. The summed E-state index contributed by atoms with van der Waals surface area (Å²) in [5.41, 5.74) is 1.03. The van der Waals surface area contributed by atoms with Gasteiger partial charge in [0.05, 0.1) is 10.9 Å². The quantitative estimate of drug-likeness (QED) is 0.707. The van der Waals surface area contributed by atoms with E-state index in [1.54, 1.807) is 17.0 Å². The number of hydrogen-bond acceptors (Lipinski definition) is 1. The highest BCUT2D eigenvalue weighted by Gasteiger charge is 2.24. The number of hydrogen-bond donors (Lipinski definition) is 0. The van der Waals surface area contributed by atoms with Crippen LogP contribution in [0.15, 0.2) is 18.2 Å². The Morgan fingerprint density at radius 1 is 1.53 bits per heavy atom. The van der Waals surface area contributed by atoms with Crippen LogP contribution in [0.2, 0.25) is 0 Å². The summed E-state index contributed by atoms with van der Waals surface area (Å²) in [4.78, 5) is 13.8. The third-order valence-corrected chi connectivity index (χ3v) is 3.36. The van der Waals surface area contributed by atoms with Crippen molar-refractivity contribution in [1.82, 2.24) is 4.90 Å². The second kappa shape index (κ2) is 5.05. The number of alkyl halides is 1. The van der Waals surface area contributed by atoms with Gasteiger partial charge in [0.1, 0.15) is 5.82 Å². The summed E-state index contributed by atoms with van der Waals surface area (Å²) in [6.07, 6.45) is 1.80. The molecule has 0 radical (unpaired) electrons. The Balaban J connectivity index is 2.21. The van der Waals surface area contributed by atoms with Gasteiger partial charge in [0.2, 0.25) is 0 Å². The Labute approximate surface area is 105 Å². The third kappa shape index (κ3) is 2.78. The van der Waals surface area contributed by atoms with Crippen molar-refractivity contribution in [3.05, 3.63) is 35.1 Å². The van der Waals surface area contributed by atoms with Gasteiger partial charge >= 0.3 is 0 Å². The predicted molar refractivity (Wildman–Crippen MR) is 65.9 cm³/mol. The fourth-order valence-electron chi connectivity index (χ4n) is 2.08. The summed E-state index contributed by atoms with van der Waals surface area (Å²) in [5, 5.41) is -0.0134. The maximum Gasteiger partial charge on any atom is 0.256 e. The number of nitrogens with zero attached hydrogens (tertiary/aromatic N) is 1. The molecule has 1 fully saturated rings. The van der Waals surface area contributed by atoms with Crippen molar-refractivity contribution in [2.75, 3.05) is 13.1 Å². The van der Waals surface area contributed by atoms with E-state index in [-0.39, 0.29) is 16.8 Å². The minimum Gasteiger partial charge on any atom is -0.337 e. The van der Waals surface area contributed by atoms with E-state index in [9.17, 15) is 9.18 Å². The summed E-state index contributed by atoms with van der Waals surface area (Å²) in [6.45, 7) is 3.01. The van der Waals surface area contributed by atoms with Crippen molar-refractivity contribution in [2.24, 2.45) is 0 Å². The van der Waals surface area contributed by atoms with Gasteiger partial charge < -0.3 is 4.90 Å². The van der Waals surface area contributed by atoms with Crippen LogP contribution in [0.25, 0.3) is 0 Å². The van der Waals surface area contributed by atoms with Crippen LogP contribution < -0.4 is 0 Å². The Kier molecular flexibility index (Phi) is 3.67. The standard InChI is InChI=1S/C13H15ClFNO/c1-9-4-5-12(15)11(7-9)13(17)16-6-2-3-10(14)8-16/h4-5,7,10H,2-3,6,8H2,1H3. The molecule has 2 rings (SSSR count). The Bertz CT molecular complexity index is 435. The van der Waals surface area contributed by atoms with Gasteiger partial charge in [0.15, 0.2) is 0 Å². The number of aryl methyl sites for hydroxylation is 1.